The third-order valence-corrected chi connectivity index (χ3v) is 6.03. The number of likely N-dealkylation sites (N-methyl/N-ethyl adjacent to an activating group) is 1. The zero-order valence-corrected chi connectivity index (χ0v) is 19.3. The van der Waals surface area contributed by atoms with Crippen LogP contribution in [0.4, 0.5) is 5.82 Å². The van der Waals surface area contributed by atoms with Crippen molar-refractivity contribution >= 4 is 23.1 Å². The summed E-state index contributed by atoms with van der Waals surface area (Å²) < 4.78 is 2.29. The first kappa shape index (κ1) is 23.9. The standard InChI is InChI=1S/C16H23N5O.C9H13N/c1-17-15-14-5-7-21(16(14)20-11-19-15)13-4-3-12(9-13)10-18-6-2-8-22;1-10-8-7-9-5-3-2-4-6-9/h5,7-8,11-13,18H,2-4,6,9-10H2,1H3,(H,17,19,20);2-6,10H,7-8H2,1H3/t12-,13+;/m1./s1. The molecule has 1 aromatic carbocycles. The molecule has 0 amide bonds. The van der Waals surface area contributed by atoms with Crippen molar-refractivity contribution in [3.63, 3.8) is 0 Å². The zero-order chi connectivity index (χ0) is 22.6. The molecule has 7 heteroatoms. The predicted molar refractivity (Wildman–Crippen MR) is 131 cm³/mol. The van der Waals surface area contributed by atoms with Gasteiger partial charge in [-0.3, -0.25) is 0 Å². The fourth-order valence-corrected chi connectivity index (χ4v) is 4.33. The van der Waals surface area contributed by atoms with Gasteiger partial charge in [-0.05, 0) is 63.4 Å². The second kappa shape index (κ2) is 12.9. The number of nitrogens with one attached hydrogen (secondary N) is 3. The summed E-state index contributed by atoms with van der Waals surface area (Å²) in [5.41, 5.74) is 2.41. The molecule has 0 radical (unpaired) electrons. The van der Waals surface area contributed by atoms with E-state index in [1.54, 1.807) is 6.33 Å². The lowest BCUT2D eigenvalue weighted by molar-refractivity contribution is -0.107. The molecule has 0 unspecified atom stereocenters. The lowest BCUT2D eigenvalue weighted by Gasteiger charge is -2.15. The fourth-order valence-electron chi connectivity index (χ4n) is 4.33. The molecule has 2 aromatic heterocycles. The number of rotatable bonds is 10. The molecule has 0 bridgehead atoms. The lowest BCUT2D eigenvalue weighted by Crippen LogP contribution is -2.22. The number of hydrogen-bond acceptors (Lipinski definition) is 6. The van der Waals surface area contributed by atoms with Crippen molar-refractivity contribution in [2.75, 3.05) is 39.0 Å². The van der Waals surface area contributed by atoms with Gasteiger partial charge in [-0.25, -0.2) is 9.97 Å². The molecule has 0 saturated heterocycles. The van der Waals surface area contributed by atoms with Gasteiger partial charge in [0.1, 0.15) is 24.1 Å². The van der Waals surface area contributed by atoms with Crippen LogP contribution in [0.15, 0.2) is 48.9 Å². The number of fused-ring (bicyclic) bond motifs is 1. The number of aromatic nitrogens is 3. The summed E-state index contributed by atoms with van der Waals surface area (Å²) in [6.45, 7) is 2.85. The molecule has 1 aliphatic rings. The Morgan fingerprint density at radius 2 is 1.94 bits per heavy atom. The Bertz CT molecular complexity index is 942. The van der Waals surface area contributed by atoms with Gasteiger partial charge in [0, 0.05) is 32.3 Å². The van der Waals surface area contributed by atoms with E-state index in [9.17, 15) is 4.79 Å². The average Bonchev–Trinajstić information content (AvgIpc) is 3.48. The number of carbonyl (C=O) groups is 1. The fraction of sp³-hybridized carbons (Fsp3) is 0.480. The minimum absolute atomic E-state index is 0.509. The lowest BCUT2D eigenvalue weighted by atomic mass is 10.1. The van der Waals surface area contributed by atoms with Crippen LogP contribution in [0.1, 0.15) is 37.3 Å². The van der Waals surface area contributed by atoms with Gasteiger partial charge in [0.25, 0.3) is 0 Å². The second-order valence-electron chi connectivity index (χ2n) is 8.26. The topological polar surface area (TPSA) is 83.9 Å². The third-order valence-electron chi connectivity index (χ3n) is 6.03. The van der Waals surface area contributed by atoms with Crippen LogP contribution in [0, 0.1) is 5.92 Å². The van der Waals surface area contributed by atoms with E-state index in [4.69, 9.17) is 0 Å². The van der Waals surface area contributed by atoms with E-state index in [1.807, 2.05) is 20.2 Å². The van der Waals surface area contributed by atoms with Gasteiger partial charge in [-0.15, -0.1) is 0 Å². The first-order valence-electron chi connectivity index (χ1n) is 11.6. The van der Waals surface area contributed by atoms with Gasteiger partial charge in [-0.2, -0.15) is 0 Å². The SMILES string of the molecule is CNCCc1ccccc1.CNc1ncnc2c1ccn2[C@H]1CC[C@@H](CNCCC=O)C1. The van der Waals surface area contributed by atoms with E-state index in [1.165, 1.54) is 18.4 Å². The maximum Gasteiger partial charge on any atom is 0.145 e. The van der Waals surface area contributed by atoms with E-state index < -0.39 is 0 Å². The molecule has 172 valence electrons. The van der Waals surface area contributed by atoms with Gasteiger partial charge >= 0.3 is 0 Å². The Kier molecular flexibility index (Phi) is 9.65. The Hall–Kier alpha value is -2.77. The number of hydrogen-bond donors (Lipinski definition) is 3. The van der Waals surface area contributed by atoms with Crippen molar-refractivity contribution in [1.29, 1.82) is 0 Å². The summed E-state index contributed by atoms with van der Waals surface area (Å²) in [5.74, 6) is 1.56. The summed E-state index contributed by atoms with van der Waals surface area (Å²) in [6, 6.07) is 13.1. The van der Waals surface area contributed by atoms with E-state index in [2.05, 4.69) is 67.0 Å². The molecule has 2 atom stereocenters. The highest BCUT2D eigenvalue weighted by molar-refractivity contribution is 5.87. The molecule has 7 nitrogen and oxygen atoms in total. The highest BCUT2D eigenvalue weighted by Crippen LogP contribution is 2.36. The van der Waals surface area contributed by atoms with E-state index in [0.29, 0.717) is 18.4 Å². The summed E-state index contributed by atoms with van der Waals surface area (Å²) in [6.07, 6.45) is 10.0. The van der Waals surface area contributed by atoms with E-state index in [-0.39, 0.29) is 0 Å². The Labute approximate surface area is 191 Å². The van der Waals surface area contributed by atoms with Crippen molar-refractivity contribution in [2.24, 2.45) is 5.92 Å². The minimum Gasteiger partial charge on any atom is -0.372 e. The summed E-state index contributed by atoms with van der Waals surface area (Å²) in [7, 11) is 3.86. The highest BCUT2D eigenvalue weighted by atomic mass is 16.1. The van der Waals surface area contributed by atoms with E-state index >= 15 is 0 Å². The maximum absolute atomic E-state index is 10.3. The molecule has 1 saturated carbocycles. The molecule has 1 fully saturated rings. The van der Waals surface area contributed by atoms with Crippen molar-refractivity contribution < 1.29 is 4.79 Å². The van der Waals surface area contributed by atoms with Crippen LogP contribution in [0.3, 0.4) is 0 Å². The third kappa shape index (κ3) is 6.61. The number of benzene rings is 1. The van der Waals surface area contributed by atoms with Crippen LogP contribution < -0.4 is 16.0 Å². The number of carbonyl (C=O) groups excluding carboxylic acids is 1. The van der Waals surface area contributed by atoms with Gasteiger partial charge in [0.2, 0.25) is 0 Å². The van der Waals surface area contributed by atoms with Crippen LogP contribution in [-0.2, 0) is 11.2 Å². The molecule has 3 aromatic rings. The average molecular weight is 437 g/mol. The zero-order valence-electron chi connectivity index (χ0n) is 19.3. The van der Waals surface area contributed by atoms with E-state index in [0.717, 1.165) is 55.6 Å². The molecule has 1 aliphatic carbocycles. The maximum atomic E-state index is 10.3. The Morgan fingerprint density at radius 1 is 1.09 bits per heavy atom. The summed E-state index contributed by atoms with van der Waals surface area (Å²) in [4.78, 5) is 19.1. The molecule has 4 rings (SSSR count). The normalized spacial score (nSPS) is 17.7. The van der Waals surface area contributed by atoms with Gasteiger partial charge < -0.3 is 25.3 Å². The molecule has 0 spiro atoms. The smallest absolute Gasteiger partial charge is 0.145 e. The Balaban J connectivity index is 0.000000243. The second-order valence-corrected chi connectivity index (χ2v) is 8.26. The summed E-state index contributed by atoms with van der Waals surface area (Å²) >= 11 is 0. The van der Waals surface area contributed by atoms with Crippen LogP contribution in [0.2, 0.25) is 0 Å². The first-order valence-corrected chi connectivity index (χ1v) is 11.6. The molecule has 0 aliphatic heterocycles. The van der Waals surface area contributed by atoms with Gasteiger partial charge in [-0.1, -0.05) is 30.3 Å². The number of nitrogens with zero attached hydrogens (tertiary/aromatic N) is 3. The van der Waals surface area contributed by atoms with Crippen LogP contribution in [-0.4, -0.2) is 54.6 Å². The predicted octanol–water partition coefficient (Wildman–Crippen LogP) is 3.44. The van der Waals surface area contributed by atoms with Crippen LogP contribution in [0.25, 0.3) is 11.0 Å². The minimum atomic E-state index is 0.509. The van der Waals surface area contributed by atoms with Gasteiger partial charge in [0.15, 0.2) is 0 Å². The first-order chi connectivity index (χ1) is 15.8. The van der Waals surface area contributed by atoms with Crippen LogP contribution in [0.5, 0.6) is 0 Å². The van der Waals surface area contributed by atoms with Crippen molar-refractivity contribution in [3.8, 4) is 0 Å². The molecule has 2 heterocycles. The Morgan fingerprint density at radius 3 is 2.69 bits per heavy atom. The largest absolute Gasteiger partial charge is 0.372 e. The molecular formula is C25H36N6O. The molecule has 3 N–H and O–H groups in total. The van der Waals surface area contributed by atoms with Gasteiger partial charge in [0.05, 0.1) is 5.39 Å². The molecule has 32 heavy (non-hydrogen) atoms. The monoisotopic (exact) mass is 436 g/mol. The number of anilines is 1. The molecular weight excluding hydrogens is 400 g/mol. The number of aldehydes is 1. The van der Waals surface area contributed by atoms with Crippen molar-refractivity contribution in [1.82, 2.24) is 25.2 Å². The quantitative estimate of drug-likeness (QED) is 0.334. The highest BCUT2D eigenvalue weighted by Gasteiger charge is 2.26. The van der Waals surface area contributed by atoms with Crippen molar-refractivity contribution in [2.45, 2.75) is 38.1 Å². The van der Waals surface area contributed by atoms with Crippen LogP contribution >= 0.6 is 0 Å². The van der Waals surface area contributed by atoms with Crippen molar-refractivity contribution in [3.05, 3.63) is 54.5 Å². The summed E-state index contributed by atoms with van der Waals surface area (Å²) in [5, 5.41) is 10.7.